The lowest BCUT2D eigenvalue weighted by atomic mass is 9.73. The van der Waals surface area contributed by atoms with E-state index in [4.69, 9.17) is 16.3 Å². The first-order valence-corrected chi connectivity index (χ1v) is 23.8. The number of carbonyl (C=O) groups excluding carboxylic acids is 1. The van der Waals surface area contributed by atoms with E-state index < -0.39 is 20.9 Å². The number of ether oxygens (including phenoxy) is 1. The van der Waals surface area contributed by atoms with Crippen molar-refractivity contribution in [2.45, 2.75) is 55.4 Å². The highest BCUT2D eigenvalue weighted by molar-refractivity contribution is 7.99. The predicted molar refractivity (Wildman–Crippen MR) is 245 cm³/mol. The number of carbonyl (C=O) groups is 1. The number of hydrogen-bond acceptors (Lipinski definition) is 11. The van der Waals surface area contributed by atoms with Crippen LogP contribution in [0.5, 0.6) is 0 Å². The Morgan fingerprint density at radius 2 is 1.62 bits per heavy atom. The van der Waals surface area contributed by atoms with E-state index in [-0.39, 0.29) is 33.3 Å². The predicted octanol–water partition coefficient (Wildman–Crippen LogP) is 8.45. The van der Waals surface area contributed by atoms with Gasteiger partial charge in [-0.15, -0.1) is 11.8 Å². The number of sulfonamides is 1. The third-order valence-electron chi connectivity index (χ3n) is 11.8. The van der Waals surface area contributed by atoms with Crippen molar-refractivity contribution in [3.05, 3.63) is 129 Å². The minimum absolute atomic E-state index is 0.151. The van der Waals surface area contributed by atoms with Crippen molar-refractivity contribution in [1.29, 1.82) is 0 Å². The molecule has 324 valence electrons. The smallest absolute Gasteiger partial charge is 0.293 e. The highest BCUT2D eigenvalue weighted by Crippen LogP contribution is 2.43. The number of thioether (sulfide) groups is 1. The van der Waals surface area contributed by atoms with E-state index in [0.717, 1.165) is 93.3 Å². The van der Waals surface area contributed by atoms with Crippen LogP contribution in [-0.2, 0) is 14.8 Å². The highest BCUT2D eigenvalue weighted by Gasteiger charge is 2.30. The second-order valence-electron chi connectivity index (χ2n) is 16.8. The second-order valence-corrected chi connectivity index (χ2v) is 20.0. The summed E-state index contributed by atoms with van der Waals surface area (Å²) >= 11 is 7.85. The summed E-state index contributed by atoms with van der Waals surface area (Å²) in [5, 5.41) is 16.4. The van der Waals surface area contributed by atoms with E-state index in [2.05, 4.69) is 50.7 Å². The van der Waals surface area contributed by atoms with Gasteiger partial charge in [-0.2, -0.15) is 0 Å². The SMILES string of the molecule is CC1(C)CCC(c2ccc(Cl)cc2)=C(CN2CCN(c3ccc(C(=O)NS(=O)(=O)c4ccc(NC(CCN5CCOCC5)CSc5ccccc5)c([N+](=O)[O-])c4)cc3)CC2)C1. The fraction of sp³-hybridized carbons (Fsp3) is 0.413. The van der Waals surface area contributed by atoms with Crippen LogP contribution in [-0.4, -0.2) is 106 Å². The van der Waals surface area contributed by atoms with Crippen LogP contribution in [0, 0.1) is 15.5 Å². The third kappa shape index (κ3) is 12.1. The molecule has 61 heavy (non-hydrogen) atoms. The lowest BCUT2D eigenvalue weighted by Crippen LogP contribution is -2.47. The van der Waals surface area contributed by atoms with Gasteiger partial charge in [0.05, 0.1) is 23.0 Å². The minimum Gasteiger partial charge on any atom is -0.379 e. The van der Waals surface area contributed by atoms with Crippen LogP contribution < -0.4 is 14.9 Å². The average molecular weight is 888 g/mol. The first-order chi connectivity index (χ1) is 29.3. The molecule has 0 saturated carbocycles. The molecule has 15 heteroatoms. The molecule has 2 N–H and O–H groups in total. The molecular formula is C46H55ClN6O6S2. The number of amides is 1. The lowest BCUT2D eigenvalue weighted by Gasteiger charge is -2.39. The number of nitro benzene ring substituents is 1. The van der Waals surface area contributed by atoms with Gasteiger partial charge in [0.25, 0.3) is 21.6 Å². The van der Waals surface area contributed by atoms with Crippen LogP contribution in [0.2, 0.25) is 5.02 Å². The molecule has 4 aromatic carbocycles. The van der Waals surface area contributed by atoms with Crippen LogP contribution in [0.15, 0.2) is 112 Å². The van der Waals surface area contributed by atoms with Crippen molar-refractivity contribution < 1.29 is 22.9 Å². The molecule has 1 unspecified atom stereocenters. The summed E-state index contributed by atoms with van der Waals surface area (Å²) in [5.74, 6) is -0.178. The summed E-state index contributed by atoms with van der Waals surface area (Å²) in [6, 6.07) is 28.6. The quantitative estimate of drug-likeness (QED) is 0.0637. The zero-order valence-corrected chi connectivity index (χ0v) is 37.2. The first-order valence-electron chi connectivity index (χ1n) is 21.0. The summed E-state index contributed by atoms with van der Waals surface area (Å²) in [7, 11) is -4.44. The number of benzene rings is 4. The Bertz CT molecular complexity index is 2280. The van der Waals surface area contributed by atoms with Gasteiger partial charge in [-0.1, -0.05) is 61.4 Å². The van der Waals surface area contributed by atoms with Gasteiger partial charge in [0.1, 0.15) is 5.69 Å². The maximum Gasteiger partial charge on any atom is 0.293 e. The Morgan fingerprint density at radius 3 is 2.31 bits per heavy atom. The van der Waals surface area contributed by atoms with Crippen molar-refractivity contribution >= 4 is 61.9 Å². The molecule has 2 saturated heterocycles. The number of halogens is 1. The summed E-state index contributed by atoms with van der Waals surface area (Å²) in [4.78, 5) is 32.8. The van der Waals surface area contributed by atoms with Crippen LogP contribution in [0.1, 0.15) is 55.5 Å². The first kappa shape index (κ1) is 44.6. The zero-order valence-electron chi connectivity index (χ0n) is 34.9. The molecule has 3 aliphatic rings. The largest absolute Gasteiger partial charge is 0.379 e. The molecular weight excluding hydrogens is 832 g/mol. The Hall–Kier alpha value is -4.44. The van der Waals surface area contributed by atoms with E-state index >= 15 is 0 Å². The van der Waals surface area contributed by atoms with E-state index in [0.29, 0.717) is 25.4 Å². The maximum atomic E-state index is 13.5. The number of rotatable bonds is 16. The van der Waals surface area contributed by atoms with Crippen LogP contribution in [0.25, 0.3) is 5.57 Å². The standard InChI is InChI=1S/C46H55ClN6O6S2/c1-46(2)20-18-42(34-8-12-37(47)13-9-34)36(31-46)32-51-22-24-52(25-23-51)39-14-10-35(11-15-39)45(54)49-61(57,58)41-16-17-43(44(30-41)53(55)56)48-38(19-21-50-26-28-59-29-27-50)33-60-40-6-4-3-5-7-40/h3-17,30,38,48H,18-29,31-33H2,1-2H3,(H,49,54). The van der Waals surface area contributed by atoms with Gasteiger partial charge in [-0.05, 0) is 103 Å². The molecule has 0 aromatic heterocycles. The van der Waals surface area contributed by atoms with Gasteiger partial charge in [0.15, 0.2) is 0 Å². The number of hydrogen-bond donors (Lipinski definition) is 2. The van der Waals surface area contributed by atoms with E-state index in [1.54, 1.807) is 23.9 Å². The summed E-state index contributed by atoms with van der Waals surface area (Å²) in [6.07, 6.45) is 3.99. The molecule has 1 amide bonds. The highest BCUT2D eigenvalue weighted by atomic mass is 35.5. The van der Waals surface area contributed by atoms with Crippen LogP contribution >= 0.6 is 23.4 Å². The molecule has 2 aliphatic heterocycles. The van der Waals surface area contributed by atoms with E-state index in [1.807, 2.05) is 54.6 Å². The van der Waals surface area contributed by atoms with Gasteiger partial charge < -0.3 is 15.0 Å². The van der Waals surface area contributed by atoms with E-state index in [9.17, 15) is 23.3 Å². The van der Waals surface area contributed by atoms with Gasteiger partial charge in [-0.25, -0.2) is 13.1 Å². The molecule has 1 atom stereocenters. The molecule has 2 heterocycles. The molecule has 7 rings (SSSR count). The Kier molecular flexibility index (Phi) is 14.7. The molecule has 0 radical (unpaired) electrons. The Labute approximate surface area is 368 Å². The molecule has 1 aliphatic carbocycles. The van der Waals surface area contributed by atoms with Crippen molar-refractivity contribution in [2.24, 2.45) is 5.41 Å². The Morgan fingerprint density at radius 1 is 0.918 bits per heavy atom. The summed E-state index contributed by atoms with van der Waals surface area (Å²) < 4.78 is 34.6. The topological polar surface area (TPSA) is 137 Å². The monoisotopic (exact) mass is 886 g/mol. The number of allylic oxidation sites excluding steroid dienone is 1. The lowest BCUT2D eigenvalue weighted by molar-refractivity contribution is -0.384. The third-order valence-corrected chi connectivity index (χ3v) is 14.6. The molecule has 4 aromatic rings. The van der Waals surface area contributed by atoms with Crippen molar-refractivity contribution in [3.63, 3.8) is 0 Å². The maximum absolute atomic E-state index is 13.5. The number of nitrogens with zero attached hydrogens (tertiary/aromatic N) is 4. The Balaban J connectivity index is 0.962. The van der Waals surface area contributed by atoms with Crippen molar-refractivity contribution in [2.75, 3.05) is 81.5 Å². The molecule has 0 bridgehead atoms. The van der Waals surface area contributed by atoms with Crippen LogP contribution in [0.4, 0.5) is 17.1 Å². The number of nitrogens with one attached hydrogen (secondary N) is 2. The molecule has 2 fully saturated rings. The number of piperazine rings is 1. The van der Waals surface area contributed by atoms with E-state index in [1.165, 1.54) is 28.8 Å². The normalized spacial score (nSPS) is 18.1. The fourth-order valence-corrected chi connectivity index (χ4v) is 10.4. The van der Waals surface area contributed by atoms with Gasteiger partial charge in [-0.3, -0.25) is 24.7 Å². The average Bonchev–Trinajstić information content (AvgIpc) is 3.25. The van der Waals surface area contributed by atoms with Gasteiger partial charge in [0.2, 0.25) is 0 Å². The molecule has 12 nitrogen and oxygen atoms in total. The minimum atomic E-state index is -4.44. The summed E-state index contributed by atoms with van der Waals surface area (Å²) in [5.41, 5.74) is 5.39. The fourth-order valence-electron chi connectivity index (χ4n) is 8.31. The molecule has 0 spiro atoms. The van der Waals surface area contributed by atoms with Gasteiger partial charge >= 0.3 is 0 Å². The summed E-state index contributed by atoms with van der Waals surface area (Å²) in [6.45, 7) is 12.8. The number of morpholine rings is 1. The number of nitro groups is 1. The zero-order chi connectivity index (χ0) is 43.0. The second kappa shape index (κ2) is 20.2. The van der Waals surface area contributed by atoms with Gasteiger partial charge in [0, 0.05) is 91.4 Å². The van der Waals surface area contributed by atoms with Crippen LogP contribution in [0.3, 0.4) is 0 Å². The van der Waals surface area contributed by atoms with Crippen molar-refractivity contribution in [1.82, 2.24) is 14.5 Å². The number of anilines is 2. The van der Waals surface area contributed by atoms with Crippen molar-refractivity contribution in [3.8, 4) is 0 Å².